The standard InChI is InChI=1S/C23H25ClN4O2/c1-17-23(26-21-6-3-2-5-20(21)25-17)28-14-12-27(13-15-28)22(29)7-4-16-30-19-10-8-18(24)9-11-19/h2-3,5-6,8-11H,4,7,12-16H2,1H3. The average Bonchev–Trinajstić information content (AvgIpc) is 2.77. The molecule has 2 aromatic carbocycles. The number of rotatable bonds is 6. The van der Waals surface area contributed by atoms with Gasteiger partial charge in [-0.3, -0.25) is 4.79 Å². The minimum absolute atomic E-state index is 0.177. The number of fused-ring (bicyclic) bond motifs is 1. The maximum Gasteiger partial charge on any atom is 0.222 e. The molecule has 1 aliphatic heterocycles. The smallest absolute Gasteiger partial charge is 0.222 e. The van der Waals surface area contributed by atoms with E-state index in [4.69, 9.17) is 21.3 Å². The zero-order chi connectivity index (χ0) is 20.9. The number of ether oxygens (including phenoxy) is 1. The third kappa shape index (κ3) is 4.82. The molecule has 1 saturated heterocycles. The van der Waals surface area contributed by atoms with Crippen LogP contribution >= 0.6 is 11.6 Å². The Kier molecular flexibility index (Phi) is 6.33. The Hall–Kier alpha value is -2.86. The van der Waals surface area contributed by atoms with Gasteiger partial charge >= 0.3 is 0 Å². The van der Waals surface area contributed by atoms with E-state index in [0.717, 1.165) is 41.4 Å². The quantitative estimate of drug-likeness (QED) is 0.557. The maximum atomic E-state index is 12.5. The van der Waals surface area contributed by atoms with Crippen molar-refractivity contribution >= 4 is 34.4 Å². The molecule has 2 heterocycles. The summed E-state index contributed by atoms with van der Waals surface area (Å²) in [5.74, 6) is 1.86. The lowest BCUT2D eigenvalue weighted by atomic mass is 10.2. The van der Waals surface area contributed by atoms with Gasteiger partial charge in [-0.2, -0.15) is 0 Å². The second-order valence-corrected chi connectivity index (χ2v) is 7.83. The molecule has 7 heteroatoms. The lowest BCUT2D eigenvalue weighted by Crippen LogP contribution is -2.49. The molecule has 4 rings (SSSR count). The Morgan fingerprint density at radius 1 is 1.00 bits per heavy atom. The van der Waals surface area contributed by atoms with Crippen LogP contribution in [0.1, 0.15) is 18.5 Å². The van der Waals surface area contributed by atoms with Crippen LogP contribution in [0.4, 0.5) is 5.82 Å². The van der Waals surface area contributed by atoms with Crippen molar-refractivity contribution < 1.29 is 9.53 Å². The number of aryl methyl sites for hydroxylation is 1. The van der Waals surface area contributed by atoms with E-state index in [-0.39, 0.29) is 5.91 Å². The zero-order valence-corrected chi connectivity index (χ0v) is 17.8. The summed E-state index contributed by atoms with van der Waals surface area (Å²) in [7, 11) is 0. The van der Waals surface area contributed by atoms with Crippen LogP contribution in [0.25, 0.3) is 11.0 Å². The highest BCUT2D eigenvalue weighted by Gasteiger charge is 2.23. The fourth-order valence-electron chi connectivity index (χ4n) is 3.65. The van der Waals surface area contributed by atoms with Crippen molar-refractivity contribution in [2.24, 2.45) is 0 Å². The van der Waals surface area contributed by atoms with Crippen molar-refractivity contribution in [3.63, 3.8) is 0 Å². The summed E-state index contributed by atoms with van der Waals surface area (Å²) in [6.07, 6.45) is 1.18. The molecule has 30 heavy (non-hydrogen) atoms. The molecule has 0 spiro atoms. The molecule has 3 aromatic rings. The number of carbonyl (C=O) groups is 1. The molecule has 156 valence electrons. The third-order valence-corrected chi connectivity index (χ3v) is 5.52. The number of nitrogens with zero attached hydrogens (tertiary/aromatic N) is 4. The first-order chi connectivity index (χ1) is 14.6. The second kappa shape index (κ2) is 9.30. The van der Waals surface area contributed by atoms with Crippen LogP contribution < -0.4 is 9.64 Å². The van der Waals surface area contributed by atoms with Gasteiger partial charge < -0.3 is 14.5 Å². The average molecular weight is 425 g/mol. The number of anilines is 1. The minimum Gasteiger partial charge on any atom is -0.494 e. The number of aromatic nitrogens is 2. The van der Waals surface area contributed by atoms with Gasteiger partial charge in [-0.1, -0.05) is 23.7 Å². The molecule has 6 nitrogen and oxygen atoms in total. The fraction of sp³-hybridized carbons (Fsp3) is 0.348. The summed E-state index contributed by atoms with van der Waals surface area (Å²) in [5.41, 5.74) is 2.73. The van der Waals surface area contributed by atoms with Gasteiger partial charge in [0.15, 0.2) is 5.82 Å². The van der Waals surface area contributed by atoms with E-state index in [2.05, 4.69) is 9.88 Å². The van der Waals surface area contributed by atoms with Crippen LogP contribution in [0, 0.1) is 6.92 Å². The Morgan fingerprint density at radius 3 is 2.37 bits per heavy atom. The van der Waals surface area contributed by atoms with Crippen molar-refractivity contribution in [2.45, 2.75) is 19.8 Å². The number of carbonyl (C=O) groups excluding carboxylic acids is 1. The summed E-state index contributed by atoms with van der Waals surface area (Å²) in [4.78, 5) is 26.2. The van der Waals surface area contributed by atoms with E-state index in [9.17, 15) is 4.79 Å². The Balaban J connectivity index is 1.25. The molecule has 0 radical (unpaired) electrons. The molecule has 1 amide bonds. The van der Waals surface area contributed by atoms with Gasteiger partial charge in [-0.05, 0) is 49.7 Å². The van der Waals surface area contributed by atoms with Crippen LogP contribution in [-0.2, 0) is 4.79 Å². The molecule has 0 atom stereocenters. The number of benzene rings is 2. The normalized spacial score (nSPS) is 14.2. The van der Waals surface area contributed by atoms with E-state index >= 15 is 0 Å². The molecule has 1 aromatic heterocycles. The lowest BCUT2D eigenvalue weighted by Gasteiger charge is -2.36. The van der Waals surface area contributed by atoms with E-state index in [1.54, 1.807) is 12.1 Å². The topological polar surface area (TPSA) is 58.6 Å². The highest BCUT2D eigenvalue weighted by molar-refractivity contribution is 6.30. The number of hydrogen-bond acceptors (Lipinski definition) is 5. The first kappa shape index (κ1) is 20.4. The van der Waals surface area contributed by atoms with Gasteiger partial charge in [-0.15, -0.1) is 0 Å². The van der Waals surface area contributed by atoms with Gasteiger partial charge in [0.1, 0.15) is 5.75 Å². The molecule has 1 aliphatic rings. The minimum atomic E-state index is 0.177. The van der Waals surface area contributed by atoms with Crippen molar-refractivity contribution in [3.8, 4) is 5.75 Å². The van der Waals surface area contributed by atoms with Crippen LogP contribution in [0.5, 0.6) is 5.75 Å². The first-order valence-corrected chi connectivity index (χ1v) is 10.6. The molecule has 0 saturated carbocycles. The molecule has 0 bridgehead atoms. The highest BCUT2D eigenvalue weighted by atomic mass is 35.5. The summed E-state index contributed by atoms with van der Waals surface area (Å²) in [6.45, 7) is 5.43. The monoisotopic (exact) mass is 424 g/mol. The molecule has 0 N–H and O–H groups in total. The Morgan fingerprint density at radius 2 is 1.67 bits per heavy atom. The number of hydrogen-bond donors (Lipinski definition) is 0. The van der Waals surface area contributed by atoms with Gasteiger partial charge in [0.25, 0.3) is 0 Å². The Labute approximate surface area is 181 Å². The molecular weight excluding hydrogens is 400 g/mol. The van der Waals surface area contributed by atoms with Crippen molar-refractivity contribution in [3.05, 3.63) is 59.2 Å². The molecular formula is C23H25ClN4O2. The maximum absolute atomic E-state index is 12.5. The second-order valence-electron chi connectivity index (χ2n) is 7.40. The van der Waals surface area contributed by atoms with Crippen molar-refractivity contribution in [1.82, 2.24) is 14.9 Å². The SMILES string of the molecule is Cc1nc2ccccc2nc1N1CCN(C(=O)CCCOc2ccc(Cl)cc2)CC1. The number of piperazine rings is 1. The molecule has 1 fully saturated rings. The predicted molar refractivity (Wildman–Crippen MR) is 119 cm³/mol. The largest absolute Gasteiger partial charge is 0.494 e. The predicted octanol–water partition coefficient (Wildman–Crippen LogP) is 4.10. The third-order valence-electron chi connectivity index (χ3n) is 5.27. The van der Waals surface area contributed by atoms with Crippen LogP contribution in [-0.4, -0.2) is 53.6 Å². The molecule has 0 aliphatic carbocycles. The van der Waals surface area contributed by atoms with E-state index < -0.39 is 0 Å². The highest BCUT2D eigenvalue weighted by Crippen LogP contribution is 2.21. The summed E-state index contributed by atoms with van der Waals surface area (Å²) >= 11 is 5.87. The Bertz CT molecular complexity index is 1020. The van der Waals surface area contributed by atoms with E-state index in [1.807, 2.05) is 48.2 Å². The number of halogens is 1. The first-order valence-electron chi connectivity index (χ1n) is 10.2. The van der Waals surface area contributed by atoms with Gasteiger partial charge in [0, 0.05) is 37.6 Å². The van der Waals surface area contributed by atoms with Crippen LogP contribution in [0.2, 0.25) is 5.02 Å². The van der Waals surface area contributed by atoms with Gasteiger partial charge in [-0.25, -0.2) is 9.97 Å². The van der Waals surface area contributed by atoms with E-state index in [1.165, 1.54) is 0 Å². The summed E-state index contributed by atoms with van der Waals surface area (Å²) < 4.78 is 5.67. The summed E-state index contributed by atoms with van der Waals surface area (Å²) in [6, 6.07) is 15.2. The fourth-order valence-corrected chi connectivity index (χ4v) is 3.77. The van der Waals surface area contributed by atoms with Gasteiger partial charge in [0.2, 0.25) is 5.91 Å². The van der Waals surface area contributed by atoms with Crippen molar-refractivity contribution in [1.29, 1.82) is 0 Å². The number of amides is 1. The van der Waals surface area contributed by atoms with E-state index in [0.29, 0.717) is 37.6 Å². The molecule has 0 unspecified atom stereocenters. The van der Waals surface area contributed by atoms with Crippen LogP contribution in [0.15, 0.2) is 48.5 Å². The zero-order valence-electron chi connectivity index (χ0n) is 17.1. The lowest BCUT2D eigenvalue weighted by molar-refractivity contribution is -0.131. The number of para-hydroxylation sites is 2. The van der Waals surface area contributed by atoms with Crippen LogP contribution in [0.3, 0.4) is 0 Å². The summed E-state index contributed by atoms with van der Waals surface area (Å²) in [5, 5.41) is 0.682. The van der Waals surface area contributed by atoms with Crippen molar-refractivity contribution in [2.75, 3.05) is 37.7 Å². The van der Waals surface area contributed by atoms with Gasteiger partial charge in [0.05, 0.1) is 23.3 Å².